The number of aliphatic hydroxyl groups is 1. The van der Waals surface area contributed by atoms with Crippen molar-refractivity contribution in [2.45, 2.75) is 56.1 Å². The van der Waals surface area contributed by atoms with Crippen LogP contribution in [0.3, 0.4) is 0 Å². The maximum Gasteiger partial charge on any atom is 0.255 e. The zero-order valence-electron chi connectivity index (χ0n) is 16.3. The van der Waals surface area contributed by atoms with Gasteiger partial charge in [0.05, 0.1) is 0 Å². The van der Waals surface area contributed by atoms with Gasteiger partial charge in [-0.1, -0.05) is 30.3 Å². The molecule has 3 saturated heterocycles. The molecule has 0 spiro atoms. The molecule has 0 bridgehead atoms. The van der Waals surface area contributed by atoms with E-state index < -0.39 is 5.60 Å². The van der Waals surface area contributed by atoms with Gasteiger partial charge < -0.3 is 15.3 Å². The Morgan fingerprint density at radius 2 is 1.67 bits per heavy atom. The van der Waals surface area contributed by atoms with E-state index in [9.17, 15) is 9.90 Å². The zero-order chi connectivity index (χ0) is 18.7. The maximum atomic E-state index is 12.9. The van der Waals surface area contributed by atoms with Crippen molar-refractivity contribution in [1.29, 1.82) is 0 Å². The number of rotatable bonds is 7. The number of hydrogen-bond acceptors (Lipinski definition) is 4. The number of amides is 1. The summed E-state index contributed by atoms with van der Waals surface area (Å²) in [6.45, 7) is 5.13. The second kappa shape index (κ2) is 7.90. The second-order valence-electron chi connectivity index (χ2n) is 8.68. The van der Waals surface area contributed by atoms with Crippen LogP contribution in [-0.2, 0) is 11.2 Å². The average Bonchev–Trinajstić information content (AvgIpc) is 3.24. The first-order chi connectivity index (χ1) is 13.1. The molecular weight excluding hydrogens is 338 g/mol. The van der Waals surface area contributed by atoms with E-state index in [0.29, 0.717) is 19.5 Å². The molecule has 27 heavy (non-hydrogen) atoms. The van der Waals surface area contributed by atoms with Gasteiger partial charge in [0.1, 0.15) is 0 Å². The minimum atomic E-state index is -1.24. The van der Waals surface area contributed by atoms with Gasteiger partial charge in [-0.15, -0.1) is 0 Å². The summed E-state index contributed by atoms with van der Waals surface area (Å²) >= 11 is 0. The topological polar surface area (TPSA) is 55.8 Å². The van der Waals surface area contributed by atoms with E-state index in [1.165, 1.54) is 44.3 Å². The van der Waals surface area contributed by atoms with Gasteiger partial charge in [0.2, 0.25) is 0 Å². The summed E-state index contributed by atoms with van der Waals surface area (Å²) in [5.41, 5.74) is 0.272. The molecule has 1 amide bonds. The third kappa shape index (κ3) is 3.91. The first kappa shape index (κ1) is 18.9. The molecule has 1 aromatic rings. The summed E-state index contributed by atoms with van der Waals surface area (Å²) in [5, 5.41) is 14.5. The first-order valence-corrected chi connectivity index (χ1v) is 10.6. The molecule has 0 radical (unpaired) electrons. The highest BCUT2D eigenvalue weighted by atomic mass is 16.3. The molecule has 148 valence electrons. The number of benzene rings is 1. The van der Waals surface area contributed by atoms with Crippen LogP contribution < -0.4 is 5.32 Å². The van der Waals surface area contributed by atoms with Crippen LogP contribution in [0.5, 0.6) is 0 Å². The highest BCUT2D eigenvalue weighted by molar-refractivity contribution is 5.86. The molecule has 3 heterocycles. The Balaban J connectivity index is 1.31. The van der Waals surface area contributed by atoms with Crippen molar-refractivity contribution in [1.82, 2.24) is 15.1 Å². The van der Waals surface area contributed by atoms with Crippen LogP contribution in [0.15, 0.2) is 30.3 Å². The molecule has 2 N–H and O–H groups in total. The highest BCUT2D eigenvalue weighted by Gasteiger charge is 2.45. The zero-order valence-corrected chi connectivity index (χ0v) is 16.3. The fraction of sp³-hybridized carbons (Fsp3) is 0.682. The van der Waals surface area contributed by atoms with Gasteiger partial charge in [-0.05, 0) is 63.6 Å². The number of piperidine rings is 1. The molecule has 5 nitrogen and oxygen atoms in total. The van der Waals surface area contributed by atoms with Gasteiger partial charge in [0, 0.05) is 31.7 Å². The van der Waals surface area contributed by atoms with Crippen LogP contribution in [0.1, 0.15) is 44.1 Å². The fourth-order valence-electron chi connectivity index (χ4n) is 5.37. The summed E-state index contributed by atoms with van der Waals surface area (Å²) in [4.78, 5) is 17.4. The van der Waals surface area contributed by atoms with Gasteiger partial charge in [0.15, 0.2) is 5.60 Å². The quantitative estimate of drug-likeness (QED) is 0.767. The summed E-state index contributed by atoms with van der Waals surface area (Å²) in [5.74, 6) is -0.0932. The third-order valence-electron chi connectivity index (χ3n) is 6.90. The van der Waals surface area contributed by atoms with Crippen molar-refractivity contribution < 1.29 is 9.90 Å². The van der Waals surface area contributed by atoms with E-state index in [0.717, 1.165) is 25.9 Å². The van der Waals surface area contributed by atoms with E-state index in [-0.39, 0.29) is 11.4 Å². The minimum Gasteiger partial charge on any atom is -0.379 e. The molecule has 5 heteroatoms. The molecule has 1 aromatic carbocycles. The molecule has 1 atom stereocenters. The molecule has 3 aliphatic heterocycles. The lowest BCUT2D eigenvalue weighted by Gasteiger charge is -2.39. The number of nitrogens with one attached hydrogen (secondary N) is 1. The van der Waals surface area contributed by atoms with Crippen LogP contribution >= 0.6 is 0 Å². The SMILES string of the molecule is O=C1N(CCc2ccccc2)CCCC1(O)CNCC12CCCN1CCC2. The van der Waals surface area contributed by atoms with Crippen LogP contribution in [0, 0.1) is 0 Å². The Morgan fingerprint density at radius 1 is 0.963 bits per heavy atom. The van der Waals surface area contributed by atoms with E-state index in [1.54, 1.807) is 0 Å². The second-order valence-corrected chi connectivity index (χ2v) is 8.68. The summed E-state index contributed by atoms with van der Waals surface area (Å²) in [6.07, 6.45) is 7.32. The van der Waals surface area contributed by atoms with Gasteiger partial charge in [-0.25, -0.2) is 0 Å². The van der Waals surface area contributed by atoms with Crippen molar-refractivity contribution in [2.24, 2.45) is 0 Å². The predicted molar refractivity (Wildman–Crippen MR) is 107 cm³/mol. The Labute approximate surface area is 162 Å². The third-order valence-corrected chi connectivity index (χ3v) is 6.90. The van der Waals surface area contributed by atoms with Crippen molar-refractivity contribution in [3.8, 4) is 0 Å². The lowest BCUT2D eigenvalue weighted by Crippen LogP contribution is -2.59. The Hall–Kier alpha value is -1.43. The lowest BCUT2D eigenvalue weighted by molar-refractivity contribution is -0.156. The van der Waals surface area contributed by atoms with Crippen molar-refractivity contribution in [2.75, 3.05) is 39.3 Å². The van der Waals surface area contributed by atoms with Crippen LogP contribution in [0.4, 0.5) is 0 Å². The van der Waals surface area contributed by atoms with Gasteiger partial charge >= 0.3 is 0 Å². The maximum absolute atomic E-state index is 12.9. The van der Waals surface area contributed by atoms with Gasteiger partial charge in [0.25, 0.3) is 5.91 Å². The Morgan fingerprint density at radius 3 is 2.41 bits per heavy atom. The van der Waals surface area contributed by atoms with E-state index >= 15 is 0 Å². The van der Waals surface area contributed by atoms with Crippen LogP contribution in [-0.4, -0.2) is 71.2 Å². The monoisotopic (exact) mass is 371 g/mol. The Bertz CT molecular complexity index is 640. The highest BCUT2D eigenvalue weighted by Crippen LogP contribution is 2.38. The molecule has 0 saturated carbocycles. The largest absolute Gasteiger partial charge is 0.379 e. The molecule has 0 aromatic heterocycles. The lowest BCUT2D eigenvalue weighted by atomic mass is 9.90. The molecule has 3 fully saturated rings. The first-order valence-electron chi connectivity index (χ1n) is 10.6. The van der Waals surface area contributed by atoms with Gasteiger partial charge in [-0.3, -0.25) is 9.69 Å². The summed E-state index contributed by atoms with van der Waals surface area (Å²) in [7, 11) is 0. The van der Waals surface area contributed by atoms with Crippen LogP contribution in [0.25, 0.3) is 0 Å². The average molecular weight is 372 g/mol. The fourth-order valence-corrected chi connectivity index (χ4v) is 5.37. The minimum absolute atomic E-state index is 0.0932. The standard InChI is InChI=1S/C22H33N3O2/c26-20-22(27,18-23-17-21-10-4-14-25(21)15-5-11-21)12-6-13-24(20)16-9-19-7-2-1-3-8-19/h1-3,7-8,23,27H,4-6,9-18H2. The number of fused-ring (bicyclic) bond motifs is 1. The van der Waals surface area contributed by atoms with E-state index in [1.807, 2.05) is 23.1 Å². The van der Waals surface area contributed by atoms with Crippen LogP contribution in [0.2, 0.25) is 0 Å². The molecule has 0 aliphatic carbocycles. The number of likely N-dealkylation sites (tertiary alicyclic amines) is 1. The van der Waals surface area contributed by atoms with Crippen molar-refractivity contribution in [3.05, 3.63) is 35.9 Å². The number of nitrogens with zero attached hydrogens (tertiary/aromatic N) is 2. The number of carbonyl (C=O) groups is 1. The number of carbonyl (C=O) groups excluding carboxylic acids is 1. The molecular formula is C22H33N3O2. The van der Waals surface area contributed by atoms with Gasteiger partial charge in [-0.2, -0.15) is 0 Å². The van der Waals surface area contributed by atoms with Crippen molar-refractivity contribution in [3.63, 3.8) is 0 Å². The van der Waals surface area contributed by atoms with E-state index in [4.69, 9.17) is 0 Å². The smallest absolute Gasteiger partial charge is 0.255 e. The molecule has 3 aliphatic rings. The summed E-state index contributed by atoms with van der Waals surface area (Å²) < 4.78 is 0. The van der Waals surface area contributed by atoms with Crippen molar-refractivity contribution >= 4 is 5.91 Å². The predicted octanol–water partition coefficient (Wildman–Crippen LogP) is 1.80. The summed E-state index contributed by atoms with van der Waals surface area (Å²) in [6, 6.07) is 10.3. The Kier molecular flexibility index (Phi) is 5.53. The normalized spacial score (nSPS) is 27.9. The molecule has 4 rings (SSSR count). The number of hydrogen-bond donors (Lipinski definition) is 2. The molecule has 1 unspecified atom stereocenters. The van der Waals surface area contributed by atoms with E-state index in [2.05, 4.69) is 22.3 Å².